The van der Waals surface area contributed by atoms with E-state index in [9.17, 15) is 4.79 Å². The maximum atomic E-state index is 11.1. The van der Waals surface area contributed by atoms with E-state index in [4.69, 9.17) is 14.2 Å². The van der Waals surface area contributed by atoms with Crippen LogP contribution in [0.1, 0.15) is 31.7 Å². The van der Waals surface area contributed by atoms with Gasteiger partial charge in [-0.15, -0.1) is 0 Å². The van der Waals surface area contributed by atoms with Crippen molar-refractivity contribution in [2.24, 2.45) is 4.99 Å². The number of methoxy groups -OCH3 is 4. The van der Waals surface area contributed by atoms with Crippen molar-refractivity contribution in [1.29, 1.82) is 0 Å². The van der Waals surface area contributed by atoms with Crippen molar-refractivity contribution in [3.05, 3.63) is 17.7 Å². The number of unbranched alkanes of at least 4 members (excludes halogenated alkanes) is 1. The van der Waals surface area contributed by atoms with E-state index in [1.165, 1.54) is 7.11 Å². The molecule has 0 aliphatic carbocycles. The van der Waals surface area contributed by atoms with E-state index >= 15 is 0 Å². The standard InChI is InChI=1S/C19H31N3O5/c1-6-20-19(21-10-8-7-9-17(23)26-4)22-13-14-11-15(24-2)18(27-5)16(12-14)25-3/h11-12H,6-10,13H2,1-5H3,(H2,20,21,22). The summed E-state index contributed by atoms with van der Waals surface area (Å²) in [6.45, 7) is 3.93. The minimum atomic E-state index is -0.182. The topological polar surface area (TPSA) is 90.4 Å². The Kier molecular flexibility index (Phi) is 10.5. The van der Waals surface area contributed by atoms with Gasteiger partial charge in [-0.25, -0.2) is 4.99 Å². The van der Waals surface area contributed by atoms with Crippen LogP contribution >= 0.6 is 0 Å². The van der Waals surface area contributed by atoms with Gasteiger partial charge in [-0.2, -0.15) is 0 Å². The van der Waals surface area contributed by atoms with Crippen LogP contribution in [0.2, 0.25) is 0 Å². The molecule has 0 heterocycles. The van der Waals surface area contributed by atoms with Crippen molar-refractivity contribution >= 4 is 11.9 Å². The highest BCUT2D eigenvalue weighted by Gasteiger charge is 2.13. The van der Waals surface area contributed by atoms with Crippen molar-refractivity contribution in [2.45, 2.75) is 32.7 Å². The third-order valence-corrected chi connectivity index (χ3v) is 3.82. The number of ether oxygens (including phenoxy) is 4. The first kappa shape index (κ1) is 22.4. The summed E-state index contributed by atoms with van der Waals surface area (Å²) in [5, 5.41) is 6.47. The van der Waals surface area contributed by atoms with Gasteiger partial charge >= 0.3 is 5.97 Å². The second-order valence-corrected chi connectivity index (χ2v) is 5.69. The molecule has 0 unspecified atom stereocenters. The van der Waals surface area contributed by atoms with E-state index < -0.39 is 0 Å². The molecule has 1 rings (SSSR count). The largest absolute Gasteiger partial charge is 0.493 e. The van der Waals surface area contributed by atoms with E-state index in [1.54, 1.807) is 21.3 Å². The summed E-state index contributed by atoms with van der Waals surface area (Å²) in [5.74, 6) is 2.29. The van der Waals surface area contributed by atoms with E-state index in [0.717, 1.165) is 31.5 Å². The van der Waals surface area contributed by atoms with Gasteiger partial charge in [0.15, 0.2) is 17.5 Å². The molecule has 0 saturated heterocycles. The van der Waals surface area contributed by atoms with Gasteiger partial charge in [-0.3, -0.25) is 4.79 Å². The first-order chi connectivity index (χ1) is 13.1. The summed E-state index contributed by atoms with van der Waals surface area (Å²) < 4.78 is 20.7. The molecule has 0 spiro atoms. The molecule has 0 fully saturated rings. The maximum absolute atomic E-state index is 11.1. The van der Waals surface area contributed by atoms with Crippen LogP contribution in [-0.4, -0.2) is 53.5 Å². The lowest BCUT2D eigenvalue weighted by molar-refractivity contribution is -0.140. The zero-order valence-corrected chi connectivity index (χ0v) is 16.9. The Morgan fingerprint density at radius 2 is 1.67 bits per heavy atom. The van der Waals surface area contributed by atoms with E-state index in [0.29, 0.717) is 36.2 Å². The monoisotopic (exact) mass is 381 g/mol. The van der Waals surface area contributed by atoms with Gasteiger partial charge in [0.1, 0.15) is 0 Å². The lowest BCUT2D eigenvalue weighted by atomic mass is 10.2. The van der Waals surface area contributed by atoms with Crippen LogP contribution in [0.3, 0.4) is 0 Å². The first-order valence-electron chi connectivity index (χ1n) is 8.97. The SMILES string of the molecule is CCNC(=NCc1cc(OC)c(OC)c(OC)c1)NCCCCC(=O)OC. The summed E-state index contributed by atoms with van der Waals surface area (Å²) >= 11 is 0. The lowest BCUT2D eigenvalue weighted by Gasteiger charge is -2.14. The summed E-state index contributed by atoms with van der Waals surface area (Å²) in [6, 6.07) is 3.76. The van der Waals surface area contributed by atoms with Crippen molar-refractivity contribution < 1.29 is 23.7 Å². The number of aliphatic imine (C=N–C) groups is 1. The van der Waals surface area contributed by atoms with E-state index in [2.05, 4.69) is 20.4 Å². The summed E-state index contributed by atoms with van der Waals surface area (Å²) in [4.78, 5) is 15.7. The molecule has 8 nitrogen and oxygen atoms in total. The highest BCUT2D eigenvalue weighted by Crippen LogP contribution is 2.38. The van der Waals surface area contributed by atoms with Crippen LogP contribution in [0.25, 0.3) is 0 Å². The van der Waals surface area contributed by atoms with Gasteiger partial charge < -0.3 is 29.6 Å². The molecule has 0 saturated carbocycles. The van der Waals surface area contributed by atoms with Crippen molar-refractivity contribution in [1.82, 2.24) is 10.6 Å². The second-order valence-electron chi connectivity index (χ2n) is 5.69. The van der Waals surface area contributed by atoms with Crippen molar-refractivity contribution in [3.8, 4) is 17.2 Å². The molecule has 0 aromatic heterocycles. The summed E-state index contributed by atoms with van der Waals surface area (Å²) in [5.41, 5.74) is 0.937. The molecule has 0 bridgehead atoms. The molecule has 8 heteroatoms. The van der Waals surface area contributed by atoms with Crippen LogP contribution in [0, 0.1) is 0 Å². The molecule has 0 radical (unpaired) electrons. The van der Waals surface area contributed by atoms with Crippen molar-refractivity contribution in [3.63, 3.8) is 0 Å². The third kappa shape index (κ3) is 7.64. The zero-order chi connectivity index (χ0) is 20.1. The number of guanidine groups is 1. The lowest BCUT2D eigenvalue weighted by Crippen LogP contribution is -2.37. The molecule has 0 amide bonds. The van der Waals surface area contributed by atoms with Gasteiger partial charge in [0, 0.05) is 19.5 Å². The predicted octanol–water partition coefficient (Wildman–Crippen LogP) is 2.11. The minimum Gasteiger partial charge on any atom is -0.493 e. The number of esters is 1. The molecule has 27 heavy (non-hydrogen) atoms. The number of hydrogen-bond acceptors (Lipinski definition) is 6. The summed E-state index contributed by atoms with van der Waals surface area (Å²) in [6.07, 6.45) is 2.05. The molecule has 152 valence electrons. The average molecular weight is 381 g/mol. The van der Waals surface area contributed by atoms with E-state index in [-0.39, 0.29) is 5.97 Å². The smallest absolute Gasteiger partial charge is 0.305 e. The molecule has 1 aromatic carbocycles. The number of rotatable bonds is 11. The van der Waals surface area contributed by atoms with Crippen LogP contribution in [-0.2, 0) is 16.1 Å². The van der Waals surface area contributed by atoms with Crippen LogP contribution in [0.4, 0.5) is 0 Å². The van der Waals surface area contributed by atoms with Gasteiger partial charge in [0.2, 0.25) is 5.75 Å². The van der Waals surface area contributed by atoms with Gasteiger partial charge in [0.05, 0.1) is 35.0 Å². The summed E-state index contributed by atoms with van der Waals surface area (Å²) in [7, 11) is 6.15. The number of carbonyl (C=O) groups excluding carboxylic acids is 1. The number of benzene rings is 1. The van der Waals surface area contributed by atoms with Crippen molar-refractivity contribution in [2.75, 3.05) is 41.5 Å². The number of nitrogens with one attached hydrogen (secondary N) is 2. The minimum absolute atomic E-state index is 0.182. The highest BCUT2D eigenvalue weighted by atomic mass is 16.5. The van der Waals surface area contributed by atoms with Gasteiger partial charge in [0.25, 0.3) is 0 Å². The molecule has 2 N–H and O–H groups in total. The normalized spacial score (nSPS) is 10.9. The Morgan fingerprint density at radius 3 is 2.19 bits per heavy atom. The highest BCUT2D eigenvalue weighted by molar-refractivity contribution is 5.79. The Hall–Kier alpha value is -2.64. The van der Waals surface area contributed by atoms with Crippen LogP contribution < -0.4 is 24.8 Å². The fourth-order valence-electron chi connectivity index (χ4n) is 2.44. The third-order valence-electron chi connectivity index (χ3n) is 3.82. The quantitative estimate of drug-likeness (QED) is 0.263. The number of hydrogen-bond donors (Lipinski definition) is 2. The maximum Gasteiger partial charge on any atom is 0.305 e. The van der Waals surface area contributed by atoms with E-state index in [1.807, 2.05) is 19.1 Å². The fraction of sp³-hybridized carbons (Fsp3) is 0.579. The second kappa shape index (κ2) is 12.7. The molecule has 0 aliphatic rings. The average Bonchev–Trinajstić information content (AvgIpc) is 2.70. The van der Waals surface area contributed by atoms with Crippen LogP contribution in [0.5, 0.6) is 17.2 Å². The fourth-order valence-corrected chi connectivity index (χ4v) is 2.44. The molecular weight excluding hydrogens is 350 g/mol. The number of nitrogens with zero attached hydrogens (tertiary/aromatic N) is 1. The molecule has 0 aliphatic heterocycles. The Labute approximate surface area is 161 Å². The zero-order valence-electron chi connectivity index (χ0n) is 16.9. The van der Waals surface area contributed by atoms with Gasteiger partial charge in [-0.1, -0.05) is 0 Å². The Morgan fingerprint density at radius 1 is 1.00 bits per heavy atom. The van der Waals surface area contributed by atoms with Gasteiger partial charge in [-0.05, 0) is 37.5 Å². The first-order valence-corrected chi connectivity index (χ1v) is 8.97. The number of carbonyl (C=O) groups is 1. The predicted molar refractivity (Wildman–Crippen MR) is 105 cm³/mol. The molecule has 1 aromatic rings. The Bertz CT molecular complexity index is 594. The molecular formula is C19H31N3O5. The Balaban J connectivity index is 2.70. The van der Waals surface area contributed by atoms with Crippen LogP contribution in [0.15, 0.2) is 17.1 Å². The molecule has 0 atom stereocenters.